The maximum Gasteiger partial charge on any atom is -0.00222 e. The van der Waals surface area contributed by atoms with Gasteiger partial charge >= 0.3 is 0 Å². The first kappa shape index (κ1) is 13.5. The quantitative estimate of drug-likeness (QED) is 0.609. The molecule has 0 aromatic carbocycles. The van der Waals surface area contributed by atoms with Crippen molar-refractivity contribution in [3.05, 3.63) is 0 Å². The van der Waals surface area contributed by atoms with Crippen LogP contribution >= 0.6 is 0 Å². The van der Waals surface area contributed by atoms with Crippen LogP contribution < -0.4 is 0 Å². The largest absolute Gasteiger partial charge is 0.309 e. The van der Waals surface area contributed by atoms with Gasteiger partial charge in [-0.3, -0.25) is 0 Å². The van der Waals surface area contributed by atoms with E-state index in [1.165, 1.54) is 13.0 Å². The van der Waals surface area contributed by atoms with Crippen LogP contribution in [0.2, 0.25) is 0 Å². The first-order valence-corrected chi connectivity index (χ1v) is 4.18. The maximum absolute atomic E-state index is 2.33. The fourth-order valence-corrected chi connectivity index (χ4v) is 0.795. The number of hydrogen-bond donors (Lipinski definition) is 0. The summed E-state index contributed by atoms with van der Waals surface area (Å²) in [6.07, 6.45) is 1.32. The average molecular weight is 159 g/mol. The van der Waals surface area contributed by atoms with E-state index in [0.29, 0.717) is 0 Å². The summed E-state index contributed by atoms with van der Waals surface area (Å²) in [6, 6.07) is 0. The van der Waals surface area contributed by atoms with Gasteiger partial charge in [0.2, 0.25) is 0 Å². The summed E-state index contributed by atoms with van der Waals surface area (Å²) < 4.78 is 0. The van der Waals surface area contributed by atoms with Crippen molar-refractivity contribution in [3.63, 3.8) is 0 Å². The monoisotopic (exact) mass is 159 g/mol. The zero-order chi connectivity index (χ0) is 8.15. The van der Waals surface area contributed by atoms with Gasteiger partial charge < -0.3 is 4.90 Å². The van der Waals surface area contributed by atoms with Crippen molar-refractivity contribution in [1.29, 1.82) is 0 Å². The van der Waals surface area contributed by atoms with Crippen molar-refractivity contribution in [2.45, 2.75) is 34.6 Å². The molecule has 1 atom stereocenters. The highest BCUT2D eigenvalue weighted by molar-refractivity contribution is 4.58. The highest BCUT2D eigenvalue weighted by atomic mass is 15.0. The van der Waals surface area contributed by atoms with Crippen LogP contribution in [0.5, 0.6) is 0 Å². The second-order valence-corrected chi connectivity index (χ2v) is 3.81. The Balaban J connectivity index is 0. The Kier molecular flexibility index (Phi) is 8.20. The molecular weight excluding hydrogens is 134 g/mol. The van der Waals surface area contributed by atoms with Crippen LogP contribution in [0.15, 0.2) is 0 Å². The third-order valence-electron chi connectivity index (χ3n) is 2.17. The highest BCUT2D eigenvalue weighted by Crippen LogP contribution is 2.13. The van der Waals surface area contributed by atoms with E-state index in [0.717, 1.165) is 11.8 Å². The lowest BCUT2D eigenvalue weighted by Crippen LogP contribution is -2.17. The van der Waals surface area contributed by atoms with Crippen LogP contribution in [-0.2, 0) is 0 Å². The third kappa shape index (κ3) is 7.86. The standard InChI is InChI=1S/C9H21N.CH4/c1-8(2)9(3)6-7-10(4)5;/h8-9H,6-7H2,1-5H3;1H4. The minimum Gasteiger partial charge on any atom is -0.309 e. The summed E-state index contributed by atoms with van der Waals surface area (Å²) in [5, 5.41) is 0. The van der Waals surface area contributed by atoms with E-state index in [4.69, 9.17) is 0 Å². The molecule has 1 nitrogen and oxygen atoms in total. The second-order valence-electron chi connectivity index (χ2n) is 3.81. The Bertz CT molecular complexity index is 76.9. The smallest absolute Gasteiger partial charge is 0.00222 e. The van der Waals surface area contributed by atoms with Gasteiger partial charge in [0.05, 0.1) is 0 Å². The van der Waals surface area contributed by atoms with Crippen molar-refractivity contribution in [1.82, 2.24) is 4.90 Å². The predicted octanol–water partition coefficient (Wildman–Crippen LogP) is 2.87. The molecular formula is C10H25N. The molecule has 0 aromatic rings. The van der Waals surface area contributed by atoms with Gasteiger partial charge in [0.25, 0.3) is 0 Å². The van der Waals surface area contributed by atoms with Gasteiger partial charge in [-0.1, -0.05) is 28.2 Å². The summed E-state index contributed by atoms with van der Waals surface area (Å²) in [5.41, 5.74) is 0. The van der Waals surface area contributed by atoms with Crippen molar-refractivity contribution in [2.24, 2.45) is 11.8 Å². The summed E-state index contributed by atoms with van der Waals surface area (Å²) in [7, 11) is 4.26. The molecule has 0 heterocycles. The van der Waals surface area contributed by atoms with Gasteiger partial charge in [-0.2, -0.15) is 0 Å². The fourth-order valence-electron chi connectivity index (χ4n) is 0.795. The lowest BCUT2D eigenvalue weighted by Gasteiger charge is -2.17. The number of nitrogens with zero attached hydrogens (tertiary/aromatic N) is 1. The van der Waals surface area contributed by atoms with Gasteiger partial charge in [0, 0.05) is 0 Å². The fraction of sp³-hybridized carbons (Fsp3) is 1.00. The van der Waals surface area contributed by atoms with Crippen LogP contribution in [0.25, 0.3) is 0 Å². The van der Waals surface area contributed by atoms with E-state index < -0.39 is 0 Å². The van der Waals surface area contributed by atoms with E-state index >= 15 is 0 Å². The van der Waals surface area contributed by atoms with E-state index in [1.54, 1.807) is 0 Å². The molecule has 0 aliphatic heterocycles. The SMILES string of the molecule is C.CC(C)C(C)CCN(C)C. The van der Waals surface area contributed by atoms with Crippen LogP contribution in [-0.4, -0.2) is 25.5 Å². The Labute approximate surface area is 72.8 Å². The summed E-state index contributed by atoms with van der Waals surface area (Å²) in [4.78, 5) is 2.25. The summed E-state index contributed by atoms with van der Waals surface area (Å²) in [6.45, 7) is 8.13. The molecule has 0 saturated carbocycles. The zero-order valence-electron chi connectivity index (χ0n) is 8.02. The van der Waals surface area contributed by atoms with Gasteiger partial charge in [-0.15, -0.1) is 0 Å². The second kappa shape index (κ2) is 6.66. The summed E-state index contributed by atoms with van der Waals surface area (Å²) >= 11 is 0. The lowest BCUT2D eigenvalue weighted by atomic mass is 9.95. The molecule has 1 heteroatoms. The van der Waals surface area contributed by atoms with Crippen LogP contribution in [0, 0.1) is 11.8 Å². The number of hydrogen-bond acceptors (Lipinski definition) is 1. The van der Waals surface area contributed by atoms with E-state index in [1.807, 2.05) is 0 Å². The van der Waals surface area contributed by atoms with Crippen molar-refractivity contribution < 1.29 is 0 Å². The topological polar surface area (TPSA) is 3.24 Å². The van der Waals surface area contributed by atoms with Gasteiger partial charge in [0.15, 0.2) is 0 Å². The molecule has 0 fully saturated rings. The first-order valence-electron chi connectivity index (χ1n) is 4.18. The molecule has 0 amide bonds. The van der Waals surface area contributed by atoms with Gasteiger partial charge in [-0.05, 0) is 38.9 Å². The van der Waals surface area contributed by atoms with Gasteiger partial charge in [0.1, 0.15) is 0 Å². The lowest BCUT2D eigenvalue weighted by molar-refractivity contribution is 0.316. The normalized spacial score (nSPS) is 13.4. The van der Waals surface area contributed by atoms with Crippen LogP contribution in [0.4, 0.5) is 0 Å². The Morgan fingerprint density at radius 3 is 1.82 bits per heavy atom. The first-order chi connectivity index (χ1) is 4.54. The Morgan fingerprint density at radius 2 is 1.55 bits per heavy atom. The van der Waals surface area contributed by atoms with Gasteiger partial charge in [-0.25, -0.2) is 0 Å². The maximum atomic E-state index is 2.33. The van der Waals surface area contributed by atoms with Crippen LogP contribution in [0.3, 0.4) is 0 Å². The molecule has 0 aromatic heterocycles. The molecule has 0 saturated heterocycles. The number of rotatable bonds is 4. The van der Waals surface area contributed by atoms with E-state index in [-0.39, 0.29) is 7.43 Å². The average Bonchev–Trinajstić information content (AvgIpc) is 1.82. The molecule has 0 N–H and O–H groups in total. The third-order valence-corrected chi connectivity index (χ3v) is 2.17. The molecule has 1 unspecified atom stereocenters. The molecule has 0 aliphatic carbocycles. The molecule has 0 radical (unpaired) electrons. The Hall–Kier alpha value is -0.0400. The summed E-state index contributed by atoms with van der Waals surface area (Å²) in [5.74, 6) is 1.70. The Morgan fingerprint density at radius 1 is 1.09 bits per heavy atom. The van der Waals surface area contributed by atoms with Crippen molar-refractivity contribution >= 4 is 0 Å². The zero-order valence-corrected chi connectivity index (χ0v) is 8.02. The molecule has 70 valence electrons. The van der Waals surface area contributed by atoms with Crippen molar-refractivity contribution in [2.75, 3.05) is 20.6 Å². The molecule has 11 heavy (non-hydrogen) atoms. The predicted molar refractivity (Wildman–Crippen MR) is 53.9 cm³/mol. The molecule has 0 aliphatic rings. The van der Waals surface area contributed by atoms with Crippen LogP contribution in [0.1, 0.15) is 34.6 Å². The molecule has 0 spiro atoms. The molecule has 0 rings (SSSR count). The molecule has 0 bridgehead atoms. The highest BCUT2D eigenvalue weighted by Gasteiger charge is 2.06. The minimum atomic E-state index is 0. The van der Waals surface area contributed by atoms with E-state index in [2.05, 4.69) is 39.8 Å². The van der Waals surface area contributed by atoms with E-state index in [9.17, 15) is 0 Å². The minimum absolute atomic E-state index is 0. The van der Waals surface area contributed by atoms with Crippen molar-refractivity contribution in [3.8, 4) is 0 Å².